The number of thiazole rings is 1. The summed E-state index contributed by atoms with van der Waals surface area (Å²) in [7, 11) is 4.17. The highest BCUT2D eigenvalue weighted by atomic mass is 32.1. The SMILES string of the molecule is CCN(CCN(C)C)c1ncc(Nc2ncc3cccc(OC4CCC(N)CC4)c3n2)s1. The molecule has 172 valence electrons. The molecular formula is C23H33N7OS. The molecule has 1 aliphatic carbocycles. The number of anilines is 3. The van der Waals surface area contributed by atoms with E-state index in [0.29, 0.717) is 12.0 Å². The van der Waals surface area contributed by atoms with E-state index in [4.69, 9.17) is 15.5 Å². The first-order valence-electron chi connectivity index (χ1n) is 11.3. The molecule has 0 spiro atoms. The molecule has 1 saturated carbocycles. The minimum Gasteiger partial charge on any atom is -0.488 e. The van der Waals surface area contributed by atoms with E-state index in [2.05, 4.69) is 46.1 Å². The Labute approximate surface area is 193 Å². The number of hydrogen-bond acceptors (Lipinski definition) is 9. The van der Waals surface area contributed by atoms with Crippen LogP contribution in [0.2, 0.25) is 0 Å². The zero-order chi connectivity index (χ0) is 22.5. The Morgan fingerprint density at radius 3 is 2.69 bits per heavy atom. The fourth-order valence-electron chi connectivity index (χ4n) is 3.86. The Kier molecular flexibility index (Phi) is 7.39. The van der Waals surface area contributed by atoms with E-state index in [1.807, 2.05) is 30.6 Å². The maximum absolute atomic E-state index is 6.32. The predicted octanol–water partition coefficient (Wildman–Crippen LogP) is 3.87. The zero-order valence-electron chi connectivity index (χ0n) is 19.1. The summed E-state index contributed by atoms with van der Waals surface area (Å²) in [4.78, 5) is 18.3. The van der Waals surface area contributed by atoms with E-state index in [-0.39, 0.29) is 6.10 Å². The van der Waals surface area contributed by atoms with Gasteiger partial charge in [-0.1, -0.05) is 23.5 Å². The smallest absolute Gasteiger partial charge is 0.228 e. The largest absolute Gasteiger partial charge is 0.488 e. The number of benzene rings is 1. The summed E-state index contributed by atoms with van der Waals surface area (Å²) in [5, 5.41) is 6.20. The van der Waals surface area contributed by atoms with Gasteiger partial charge in [-0.3, -0.25) is 0 Å². The number of nitrogens with two attached hydrogens (primary N) is 1. The number of nitrogens with zero attached hydrogens (tertiary/aromatic N) is 5. The number of para-hydroxylation sites is 1. The summed E-state index contributed by atoms with van der Waals surface area (Å²) >= 11 is 1.61. The van der Waals surface area contributed by atoms with Gasteiger partial charge < -0.3 is 25.6 Å². The van der Waals surface area contributed by atoms with E-state index < -0.39 is 0 Å². The molecule has 1 aromatic carbocycles. The molecule has 3 aromatic rings. The summed E-state index contributed by atoms with van der Waals surface area (Å²) in [6.45, 7) is 4.99. The van der Waals surface area contributed by atoms with Crippen LogP contribution in [0.1, 0.15) is 32.6 Å². The fourth-order valence-corrected chi connectivity index (χ4v) is 4.76. The molecule has 2 heterocycles. The van der Waals surface area contributed by atoms with Gasteiger partial charge in [0.15, 0.2) is 5.13 Å². The van der Waals surface area contributed by atoms with Crippen molar-refractivity contribution in [2.24, 2.45) is 5.73 Å². The number of fused-ring (bicyclic) bond motifs is 1. The molecule has 2 aromatic heterocycles. The van der Waals surface area contributed by atoms with Crippen molar-refractivity contribution < 1.29 is 4.74 Å². The molecule has 8 nitrogen and oxygen atoms in total. The van der Waals surface area contributed by atoms with E-state index >= 15 is 0 Å². The van der Waals surface area contributed by atoms with Crippen LogP contribution in [0.3, 0.4) is 0 Å². The second kappa shape index (κ2) is 10.4. The molecule has 0 atom stereocenters. The maximum atomic E-state index is 6.32. The van der Waals surface area contributed by atoms with Gasteiger partial charge in [-0.15, -0.1) is 0 Å². The van der Waals surface area contributed by atoms with Crippen LogP contribution in [0.5, 0.6) is 5.75 Å². The lowest BCUT2D eigenvalue weighted by molar-refractivity contribution is 0.149. The summed E-state index contributed by atoms with van der Waals surface area (Å²) in [6.07, 6.45) is 7.87. The zero-order valence-corrected chi connectivity index (χ0v) is 19.9. The van der Waals surface area contributed by atoms with Gasteiger partial charge in [0, 0.05) is 37.3 Å². The van der Waals surface area contributed by atoms with Gasteiger partial charge in [0.05, 0.1) is 12.3 Å². The van der Waals surface area contributed by atoms with Gasteiger partial charge in [0.2, 0.25) is 5.95 Å². The van der Waals surface area contributed by atoms with Crippen LogP contribution >= 0.6 is 11.3 Å². The van der Waals surface area contributed by atoms with Gasteiger partial charge in [-0.25, -0.2) is 15.0 Å². The monoisotopic (exact) mass is 455 g/mol. The molecule has 32 heavy (non-hydrogen) atoms. The van der Waals surface area contributed by atoms with Crippen LogP contribution < -0.4 is 20.7 Å². The second-order valence-electron chi connectivity index (χ2n) is 8.56. The van der Waals surface area contributed by atoms with Gasteiger partial charge in [-0.2, -0.15) is 0 Å². The van der Waals surface area contributed by atoms with Crippen molar-refractivity contribution in [3.8, 4) is 5.75 Å². The second-order valence-corrected chi connectivity index (χ2v) is 9.57. The summed E-state index contributed by atoms with van der Waals surface area (Å²) < 4.78 is 6.32. The van der Waals surface area contributed by atoms with Crippen molar-refractivity contribution in [1.29, 1.82) is 0 Å². The number of ether oxygens (including phenoxy) is 1. The average Bonchev–Trinajstić information content (AvgIpc) is 3.24. The Morgan fingerprint density at radius 1 is 1.12 bits per heavy atom. The van der Waals surface area contributed by atoms with E-state index in [1.165, 1.54) is 0 Å². The van der Waals surface area contributed by atoms with Crippen molar-refractivity contribution in [2.75, 3.05) is 43.9 Å². The predicted molar refractivity (Wildman–Crippen MR) is 132 cm³/mol. The summed E-state index contributed by atoms with van der Waals surface area (Å²) in [5.74, 6) is 1.35. The molecule has 9 heteroatoms. The van der Waals surface area contributed by atoms with Crippen molar-refractivity contribution >= 4 is 38.3 Å². The van der Waals surface area contributed by atoms with Gasteiger partial charge >= 0.3 is 0 Å². The number of likely N-dealkylation sites (N-methyl/N-ethyl adjacent to an activating group) is 2. The third-order valence-corrected chi connectivity index (χ3v) is 6.76. The maximum Gasteiger partial charge on any atom is 0.228 e. The number of nitrogens with one attached hydrogen (secondary N) is 1. The molecule has 0 aliphatic heterocycles. The molecule has 4 rings (SSSR count). The van der Waals surface area contributed by atoms with Gasteiger partial charge in [0.25, 0.3) is 0 Å². The number of hydrogen-bond donors (Lipinski definition) is 2. The normalized spacial score (nSPS) is 18.8. The van der Waals surface area contributed by atoms with Gasteiger partial charge in [-0.05, 0) is 52.8 Å². The Balaban J connectivity index is 1.48. The highest BCUT2D eigenvalue weighted by Crippen LogP contribution is 2.31. The third kappa shape index (κ3) is 5.65. The molecule has 0 amide bonds. The summed E-state index contributed by atoms with van der Waals surface area (Å²) in [6, 6.07) is 6.29. The lowest BCUT2D eigenvalue weighted by Gasteiger charge is -2.27. The van der Waals surface area contributed by atoms with Gasteiger partial charge in [0.1, 0.15) is 16.3 Å². The average molecular weight is 456 g/mol. The molecular weight excluding hydrogens is 422 g/mol. The highest BCUT2D eigenvalue weighted by Gasteiger charge is 2.21. The minimum absolute atomic E-state index is 0.193. The Morgan fingerprint density at radius 2 is 1.94 bits per heavy atom. The quantitative estimate of drug-likeness (QED) is 0.502. The fraction of sp³-hybridized carbons (Fsp3) is 0.522. The van der Waals surface area contributed by atoms with Crippen LogP contribution in [0, 0.1) is 0 Å². The molecule has 1 aliphatic rings. The van der Waals surface area contributed by atoms with Crippen LogP contribution in [0.4, 0.5) is 16.1 Å². The third-order valence-electron chi connectivity index (χ3n) is 5.78. The first kappa shape index (κ1) is 22.7. The number of aromatic nitrogens is 3. The van der Waals surface area contributed by atoms with Crippen LogP contribution in [-0.4, -0.2) is 65.7 Å². The molecule has 0 radical (unpaired) electrons. The van der Waals surface area contributed by atoms with Crippen molar-refractivity contribution in [3.63, 3.8) is 0 Å². The van der Waals surface area contributed by atoms with Crippen molar-refractivity contribution in [2.45, 2.75) is 44.8 Å². The van der Waals surface area contributed by atoms with Crippen LogP contribution in [-0.2, 0) is 0 Å². The number of rotatable bonds is 9. The highest BCUT2D eigenvalue weighted by molar-refractivity contribution is 7.19. The molecule has 0 unspecified atom stereocenters. The molecule has 0 saturated heterocycles. The first-order valence-corrected chi connectivity index (χ1v) is 12.1. The summed E-state index contributed by atoms with van der Waals surface area (Å²) in [5.41, 5.74) is 6.86. The van der Waals surface area contributed by atoms with E-state index in [9.17, 15) is 0 Å². The lowest BCUT2D eigenvalue weighted by atomic mass is 9.94. The minimum atomic E-state index is 0.193. The molecule has 0 bridgehead atoms. The van der Waals surface area contributed by atoms with E-state index in [1.54, 1.807) is 11.3 Å². The first-order chi connectivity index (χ1) is 15.5. The van der Waals surface area contributed by atoms with E-state index in [0.717, 1.165) is 72.1 Å². The van der Waals surface area contributed by atoms with Crippen molar-refractivity contribution in [1.82, 2.24) is 19.9 Å². The topological polar surface area (TPSA) is 92.4 Å². The Bertz CT molecular complexity index is 1020. The molecule has 3 N–H and O–H groups in total. The van der Waals surface area contributed by atoms with Crippen molar-refractivity contribution in [3.05, 3.63) is 30.6 Å². The van der Waals surface area contributed by atoms with Crippen LogP contribution in [0.25, 0.3) is 10.9 Å². The van der Waals surface area contributed by atoms with Crippen LogP contribution in [0.15, 0.2) is 30.6 Å². The standard InChI is InChI=1S/C23H33N7OS/c1-4-30(13-12-29(2)3)23-26-15-20(32-23)27-22-25-14-16-6-5-7-19(21(16)28-22)31-18-10-8-17(24)9-11-18/h5-7,14-15,17-18H,4,8-13,24H2,1-3H3,(H,25,27,28). The Hall–Kier alpha value is -2.49. The molecule has 1 fully saturated rings. The lowest BCUT2D eigenvalue weighted by Crippen LogP contribution is -2.31.